The third-order valence-electron chi connectivity index (χ3n) is 3.11. The fourth-order valence-corrected chi connectivity index (χ4v) is 2.77. The van der Waals surface area contributed by atoms with Gasteiger partial charge in [-0.05, 0) is 36.4 Å². The Morgan fingerprint density at radius 3 is 1.14 bits per heavy atom. The van der Waals surface area contributed by atoms with Crippen LogP contribution in [0.4, 0.5) is 0 Å². The monoisotopic (exact) mass is 436 g/mol. The minimum atomic E-state index is -4.92. The maximum absolute atomic E-state index is 10.9. The molecular weight excluding hydrogens is 423 g/mol. The molecule has 2 aromatic carbocycles. The summed E-state index contributed by atoms with van der Waals surface area (Å²) in [7, 11) is -4.92. The van der Waals surface area contributed by atoms with E-state index >= 15 is 0 Å². The molecule has 13 heteroatoms. The zero-order valence-electron chi connectivity index (χ0n) is 13.6. The van der Waals surface area contributed by atoms with Gasteiger partial charge in [0, 0.05) is 0 Å². The van der Waals surface area contributed by atoms with Crippen LogP contribution in [0.15, 0.2) is 47.4 Å². The van der Waals surface area contributed by atoms with Gasteiger partial charge < -0.3 is 20.4 Å². The third kappa shape index (κ3) is 7.29. The van der Waals surface area contributed by atoms with Gasteiger partial charge in [0.15, 0.2) is 0 Å². The van der Waals surface area contributed by atoms with E-state index in [2.05, 4.69) is 0 Å². The molecule has 0 bridgehead atoms. The van der Waals surface area contributed by atoms with Crippen molar-refractivity contribution in [1.82, 2.24) is 0 Å². The van der Waals surface area contributed by atoms with E-state index in [-0.39, 0.29) is 40.7 Å². The molecule has 0 unspecified atom stereocenters. The molecule has 2 rings (SSSR count). The predicted molar refractivity (Wildman–Crippen MR) is 97.7 cm³/mol. The van der Waals surface area contributed by atoms with E-state index in [0.29, 0.717) is 0 Å². The SMILES string of the molecule is O=C(O)c1ccc(C(=O)O)cc1.O=C(O)c1cccc(C(=O)O)c1S(=O)(=O)O.[NaH]. The molecule has 150 valence electrons. The van der Waals surface area contributed by atoms with Crippen LogP contribution in [-0.4, -0.2) is 86.8 Å². The van der Waals surface area contributed by atoms with E-state index in [1.807, 2.05) is 0 Å². The van der Waals surface area contributed by atoms with Crippen molar-refractivity contribution in [2.75, 3.05) is 0 Å². The normalized spacial score (nSPS) is 9.97. The Labute approximate surface area is 185 Å². The van der Waals surface area contributed by atoms with Crippen molar-refractivity contribution in [3.05, 3.63) is 64.7 Å². The van der Waals surface area contributed by atoms with Crippen molar-refractivity contribution in [2.45, 2.75) is 4.90 Å². The Balaban J connectivity index is 0.000000542. The number of hydrogen-bond donors (Lipinski definition) is 5. The van der Waals surface area contributed by atoms with Crippen molar-refractivity contribution in [2.24, 2.45) is 0 Å². The summed E-state index contributed by atoms with van der Waals surface area (Å²) < 4.78 is 30.6. The fourth-order valence-electron chi connectivity index (χ4n) is 1.91. The first-order chi connectivity index (χ1) is 12.9. The number of rotatable bonds is 5. The summed E-state index contributed by atoms with van der Waals surface area (Å²) in [6.07, 6.45) is 0. The number of carbonyl (C=O) groups is 4. The van der Waals surface area contributed by atoms with Gasteiger partial charge in [0.05, 0.1) is 22.3 Å². The Morgan fingerprint density at radius 1 is 0.621 bits per heavy atom. The Morgan fingerprint density at radius 2 is 0.931 bits per heavy atom. The van der Waals surface area contributed by atoms with E-state index < -0.39 is 50.0 Å². The standard InChI is InChI=1S/C8H6O7S.C8H6O4.Na.H/c9-7(10)4-2-1-3-5(8(11)12)6(4)16(13,14)15;9-7(10)5-1-2-6(4-3-5)8(11)12;;/h1-3H,(H,9,10)(H,11,12)(H,13,14,15);1-4H,(H,9,10)(H,11,12);;. The van der Waals surface area contributed by atoms with Crippen LogP contribution in [-0.2, 0) is 10.1 Å². The van der Waals surface area contributed by atoms with Crippen LogP contribution in [0.5, 0.6) is 0 Å². The number of benzene rings is 2. The first kappa shape index (κ1) is 26.2. The molecule has 5 N–H and O–H groups in total. The van der Waals surface area contributed by atoms with Gasteiger partial charge in [-0.25, -0.2) is 19.2 Å². The van der Waals surface area contributed by atoms with Crippen LogP contribution < -0.4 is 0 Å². The summed E-state index contributed by atoms with van der Waals surface area (Å²) in [5.41, 5.74) is -1.41. The second-order valence-electron chi connectivity index (χ2n) is 4.96. The van der Waals surface area contributed by atoms with Crippen molar-refractivity contribution in [3.8, 4) is 0 Å². The van der Waals surface area contributed by atoms with E-state index in [4.69, 9.17) is 25.0 Å². The molecule has 0 spiro atoms. The molecule has 0 fully saturated rings. The molecule has 0 aromatic heterocycles. The van der Waals surface area contributed by atoms with Crippen molar-refractivity contribution < 1.29 is 52.6 Å². The quantitative estimate of drug-likeness (QED) is 0.327. The van der Waals surface area contributed by atoms with Gasteiger partial charge in [-0.15, -0.1) is 0 Å². The maximum atomic E-state index is 10.9. The number of carboxylic acids is 4. The molecule has 29 heavy (non-hydrogen) atoms. The summed E-state index contributed by atoms with van der Waals surface area (Å²) in [6.45, 7) is 0. The van der Waals surface area contributed by atoms with E-state index in [0.717, 1.165) is 18.2 Å². The number of aromatic carboxylic acids is 4. The molecule has 11 nitrogen and oxygen atoms in total. The molecule has 0 heterocycles. The van der Waals surface area contributed by atoms with Gasteiger partial charge in [-0.3, -0.25) is 4.55 Å². The Kier molecular flexibility index (Phi) is 9.67. The minimum absolute atomic E-state index is 0. The zero-order valence-corrected chi connectivity index (χ0v) is 14.5. The molecule has 0 saturated heterocycles. The van der Waals surface area contributed by atoms with Crippen LogP contribution in [0.25, 0.3) is 0 Å². The molecule has 0 atom stereocenters. The molecule has 0 saturated carbocycles. The third-order valence-corrected chi connectivity index (χ3v) is 4.07. The summed E-state index contributed by atoms with van der Waals surface area (Å²) >= 11 is 0. The van der Waals surface area contributed by atoms with Gasteiger partial charge in [0.25, 0.3) is 10.1 Å². The number of carboxylic acid groups (broad SMARTS) is 4. The predicted octanol–water partition coefficient (Wildman–Crippen LogP) is 0.764. The van der Waals surface area contributed by atoms with Crippen LogP contribution in [0, 0.1) is 0 Å². The fraction of sp³-hybridized carbons (Fsp3) is 0. The van der Waals surface area contributed by atoms with E-state index in [1.165, 1.54) is 24.3 Å². The first-order valence-corrected chi connectivity index (χ1v) is 8.44. The second-order valence-corrected chi connectivity index (χ2v) is 6.31. The second kappa shape index (κ2) is 10.7. The van der Waals surface area contributed by atoms with E-state index in [1.54, 1.807) is 0 Å². The molecule has 2 aromatic rings. The summed E-state index contributed by atoms with van der Waals surface area (Å²) in [6, 6.07) is 7.87. The molecule has 0 amide bonds. The first-order valence-electron chi connectivity index (χ1n) is 7.00. The van der Waals surface area contributed by atoms with Gasteiger partial charge in [0.2, 0.25) is 0 Å². The van der Waals surface area contributed by atoms with Crippen molar-refractivity contribution >= 4 is 63.6 Å². The molecule has 0 aliphatic heterocycles. The van der Waals surface area contributed by atoms with Crippen LogP contribution in [0.1, 0.15) is 41.4 Å². The van der Waals surface area contributed by atoms with Crippen molar-refractivity contribution in [3.63, 3.8) is 0 Å². The van der Waals surface area contributed by atoms with Gasteiger partial charge in [-0.2, -0.15) is 8.42 Å². The van der Waals surface area contributed by atoms with Crippen LogP contribution >= 0.6 is 0 Å². The molecule has 0 radical (unpaired) electrons. The number of hydrogen-bond acceptors (Lipinski definition) is 6. The molecule has 0 aliphatic rings. The summed E-state index contributed by atoms with van der Waals surface area (Å²) in [5.74, 6) is -5.41. The molecule has 0 aliphatic carbocycles. The van der Waals surface area contributed by atoms with Crippen LogP contribution in [0.3, 0.4) is 0 Å². The Bertz CT molecular complexity index is 978. The van der Waals surface area contributed by atoms with Gasteiger partial charge in [-0.1, -0.05) is 6.07 Å². The van der Waals surface area contributed by atoms with Crippen molar-refractivity contribution in [1.29, 1.82) is 0 Å². The molecular formula is C16H13NaO11S. The Hall–Kier alpha value is -2.77. The summed E-state index contributed by atoms with van der Waals surface area (Å²) in [5, 5.41) is 34.3. The van der Waals surface area contributed by atoms with Gasteiger partial charge in [0.1, 0.15) is 4.90 Å². The topological polar surface area (TPSA) is 204 Å². The van der Waals surface area contributed by atoms with Gasteiger partial charge >= 0.3 is 53.4 Å². The average Bonchev–Trinajstić information content (AvgIpc) is 2.60. The summed E-state index contributed by atoms with van der Waals surface area (Å²) in [4.78, 5) is 40.9. The average molecular weight is 436 g/mol. The van der Waals surface area contributed by atoms with Crippen LogP contribution in [0.2, 0.25) is 0 Å². The zero-order chi connectivity index (χ0) is 21.6. The van der Waals surface area contributed by atoms with E-state index in [9.17, 15) is 27.6 Å².